The first-order chi connectivity index (χ1) is 12.9. The normalized spacial score (nSPS) is 18.1. The van der Waals surface area contributed by atoms with Gasteiger partial charge in [-0.25, -0.2) is 13.4 Å². The number of carbonyl (C=O) groups is 1. The summed E-state index contributed by atoms with van der Waals surface area (Å²) < 4.78 is 33.2. The van der Waals surface area contributed by atoms with Crippen molar-refractivity contribution < 1.29 is 17.9 Å². The summed E-state index contributed by atoms with van der Waals surface area (Å²) in [7, 11) is -2.25. The van der Waals surface area contributed by atoms with Crippen LogP contribution in [0.1, 0.15) is 19.3 Å². The van der Waals surface area contributed by atoms with Gasteiger partial charge in [0.1, 0.15) is 6.04 Å². The minimum Gasteiger partial charge on any atom is -0.481 e. The summed E-state index contributed by atoms with van der Waals surface area (Å²) in [4.78, 5) is 17.0. The van der Waals surface area contributed by atoms with E-state index in [0.717, 1.165) is 17.3 Å². The number of halogens is 1. The summed E-state index contributed by atoms with van der Waals surface area (Å²) in [6.07, 6.45) is 3.48. The maximum absolute atomic E-state index is 13.1. The molecule has 0 saturated carbocycles. The number of benzene rings is 1. The second-order valence-electron chi connectivity index (χ2n) is 6.16. The quantitative estimate of drug-likeness (QED) is 0.751. The van der Waals surface area contributed by atoms with Crippen molar-refractivity contribution in [3.63, 3.8) is 0 Å². The Balaban J connectivity index is 1.81. The van der Waals surface area contributed by atoms with Gasteiger partial charge in [0, 0.05) is 17.1 Å². The number of amides is 1. The number of methoxy groups -OCH3 is 1. The lowest BCUT2D eigenvalue weighted by molar-refractivity contribution is -0.120. The van der Waals surface area contributed by atoms with Gasteiger partial charge in [-0.3, -0.25) is 4.79 Å². The first-order valence-electron chi connectivity index (χ1n) is 8.50. The largest absolute Gasteiger partial charge is 0.481 e. The zero-order valence-electron chi connectivity index (χ0n) is 14.8. The standard InChI is InChI=1S/C18H20BrN3O4S/c1-26-17-10-7-14(12-20-17)21-18(23)16-4-2-3-11-22(16)27(24,25)15-8-5-13(19)6-9-15/h5-10,12,16H,2-4,11H2,1H3,(H,21,23). The molecule has 3 rings (SSSR count). The van der Waals surface area contributed by atoms with Gasteiger partial charge in [0.15, 0.2) is 0 Å². The van der Waals surface area contributed by atoms with Crippen LogP contribution in [0, 0.1) is 0 Å². The van der Waals surface area contributed by atoms with E-state index in [9.17, 15) is 13.2 Å². The maximum Gasteiger partial charge on any atom is 0.243 e. The zero-order valence-corrected chi connectivity index (χ0v) is 17.2. The maximum atomic E-state index is 13.1. The third-order valence-corrected chi connectivity index (χ3v) is 6.84. The van der Waals surface area contributed by atoms with Crippen LogP contribution in [0.2, 0.25) is 0 Å². The molecule has 7 nitrogen and oxygen atoms in total. The molecule has 0 radical (unpaired) electrons. The number of aromatic nitrogens is 1. The fourth-order valence-corrected chi connectivity index (χ4v) is 4.92. The summed E-state index contributed by atoms with van der Waals surface area (Å²) in [6, 6.07) is 8.97. The molecule has 1 aromatic carbocycles. The van der Waals surface area contributed by atoms with Crippen molar-refractivity contribution in [2.45, 2.75) is 30.2 Å². The van der Waals surface area contributed by atoms with Crippen LogP contribution < -0.4 is 10.1 Å². The van der Waals surface area contributed by atoms with Gasteiger partial charge >= 0.3 is 0 Å². The second-order valence-corrected chi connectivity index (χ2v) is 8.97. The van der Waals surface area contributed by atoms with E-state index in [1.165, 1.54) is 29.7 Å². The van der Waals surface area contributed by atoms with Crippen LogP contribution in [0.5, 0.6) is 5.88 Å². The Morgan fingerprint density at radius 1 is 1.22 bits per heavy atom. The molecule has 1 aromatic heterocycles. The Hall–Kier alpha value is -1.97. The van der Waals surface area contributed by atoms with Gasteiger partial charge in [-0.15, -0.1) is 0 Å². The zero-order chi connectivity index (χ0) is 19.4. The summed E-state index contributed by atoms with van der Waals surface area (Å²) in [6.45, 7) is 0.317. The molecule has 2 aromatic rings. The fraction of sp³-hybridized carbons (Fsp3) is 0.333. The van der Waals surface area contributed by atoms with Crippen LogP contribution in [0.25, 0.3) is 0 Å². The number of ether oxygens (including phenoxy) is 1. The lowest BCUT2D eigenvalue weighted by atomic mass is 10.0. The smallest absolute Gasteiger partial charge is 0.243 e. The van der Waals surface area contributed by atoms with Crippen LogP contribution in [0.15, 0.2) is 52.0 Å². The van der Waals surface area contributed by atoms with Crippen LogP contribution in [0.4, 0.5) is 5.69 Å². The van der Waals surface area contributed by atoms with E-state index in [1.54, 1.807) is 24.3 Å². The van der Waals surface area contributed by atoms with E-state index < -0.39 is 16.1 Å². The summed E-state index contributed by atoms with van der Waals surface area (Å²) in [5, 5.41) is 2.75. The van der Waals surface area contributed by atoms with E-state index in [2.05, 4.69) is 26.2 Å². The number of rotatable bonds is 5. The highest BCUT2D eigenvalue weighted by Gasteiger charge is 2.37. The molecule has 0 aliphatic carbocycles. The third-order valence-electron chi connectivity index (χ3n) is 4.39. The van der Waals surface area contributed by atoms with Crippen molar-refractivity contribution in [2.24, 2.45) is 0 Å². The van der Waals surface area contributed by atoms with E-state index in [0.29, 0.717) is 24.5 Å². The molecule has 1 N–H and O–H groups in total. The summed E-state index contributed by atoms with van der Waals surface area (Å²) >= 11 is 3.30. The van der Waals surface area contributed by atoms with Gasteiger partial charge in [0.25, 0.3) is 0 Å². The number of nitrogens with one attached hydrogen (secondary N) is 1. The molecule has 2 heterocycles. The van der Waals surface area contributed by atoms with E-state index in [4.69, 9.17) is 4.74 Å². The van der Waals surface area contributed by atoms with Crippen LogP contribution in [-0.4, -0.2) is 43.3 Å². The molecule has 1 fully saturated rings. The fourth-order valence-electron chi connectivity index (χ4n) is 3.00. The Bertz CT molecular complexity index is 901. The topological polar surface area (TPSA) is 88.6 Å². The average Bonchev–Trinajstić information content (AvgIpc) is 2.69. The van der Waals surface area contributed by atoms with Gasteiger partial charge in [0.05, 0.1) is 23.9 Å². The number of piperidine rings is 1. The van der Waals surface area contributed by atoms with Crippen LogP contribution >= 0.6 is 15.9 Å². The molecule has 1 aliphatic heterocycles. The molecule has 1 unspecified atom stereocenters. The molecule has 9 heteroatoms. The average molecular weight is 454 g/mol. The van der Waals surface area contributed by atoms with Gasteiger partial charge in [-0.1, -0.05) is 22.4 Å². The number of hydrogen-bond acceptors (Lipinski definition) is 5. The van der Waals surface area contributed by atoms with Crippen molar-refractivity contribution in [3.05, 3.63) is 47.1 Å². The van der Waals surface area contributed by atoms with Gasteiger partial charge in [0.2, 0.25) is 21.8 Å². The molecular formula is C18H20BrN3O4S. The van der Waals surface area contributed by atoms with Crippen molar-refractivity contribution in [1.82, 2.24) is 9.29 Å². The number of carbonyl (C=O) groups excluding carboxylic acids is 1. The first kappa shape index (κ1) is 19.8. The Kier molecular flexibility index (Phi) is 6.13. The predicted molar refractivity (Wildman–Crippen MR) is 105 cm³/mol. The molecule has 1 atom stereocenters. The number of nitrogens with zero attached hydrogens (tertiary/aromatic N) is 2. The highest BCUT2D eigenvalue weighted by atomic mass is 79.9. The monoisotopic (exact) mass is 453 g/mol. The molecule has 27 heavy (non-hydrogen) atoms. The molecule has 1 amide bonds. The second kappa shape index (κ2) is 8.37. The molecule has 1 aliphatic rings. The Morgan fingerprint density at radius 3 is 2.59 bits per heavy atom. The Morgan fingerprint density at radius 2 is 1.96 bits per heavy atom. The minimum atomic E-state index is -3.76. The lowest BCUT2D eigenvalue weighted by Gasteiger charge is -2.33. The molecule has 144 valence electrons. The molecule has 1 saturated heterocycles. The van der Waals surface area contributed by atoms with Gasteiger partial charge < -0.3 is 10.1 Å². The number of hydrogen-bond donors (Lipinski definition) is 1. The minimum absolute atomic E-state index is 0.177. The Labute approximate surface area is 166 Å². The van der Waals surface area contributed by atoms with Crippen LogP contribution in [-0.2, 0) is 14.8 Å². The number of anilines is 1. The highest BCUT2D eigenvalue weighted by molar-refractivity contribution is 9.10. The molecular weight excluding hydrogens is 434 g/mol. The van der Waals surface area contributed by atoms with Crippen molar-refractivity contribution >= 4 is 37.5 Å². The number of pyridine rings is 1. The van der Waals surface area contributed by atoms with Crippen molar-refractivity contribution in [3.8, 4) is 5.88 Å². The molecule has 0 bridgehead atoms. The summed E-state index contributed by atoms with van der Waals surface area (Å²) in [5.41, 5.74) is 0.493. The SMILES string of the molecule is COc1ccc(NC(=O)C2CCCCN2S(=O)(=O)c2ccc(Br)cc2)cn1. The summed E-state index contributed by atoms with van der Waals surface area (Å²) in [5.74, 6) is 0.0764. The van der Waals surface area contributed by atoms with E-state index in [-0.39, 0.29) is 10.8 Å². The van der Waals surface area contributed by atoms with Gasteiger partial charge in [-0.05, 0) is 43.2 Å². The number of sulfonamides is 1. The predicted octanol–water partition coefficient (Wildman–Crippen LogP) is 3.03. The third kappa shape index (κ3) is 4.48. The lowest BCUT2D eigenvalue weighted by Crippen LogP contribution is -2.49. The van der Waals surface area contributed by atoms with Crippen LogP contribution in [0.3, 0.4) is 0 Å². The van der Waals surface area contributed by atoms with E-state index in [1.807, 2.05) is 0 Å². The van der Waals surface area contributed by atoms with E-state index >= 15 is 0 Å². The van der Waals surface area contributed by atoms with Gasteiger partial charge in [-0.2, -0.15) is 4.31 Å². The van der Waals surface area contributed by atoms with Crippen molar-refractivity contribution in [1.29, 1.82) is 0 Å². The first-order valence-corrected chi connectivity index (χ1v) is 10.7. The highest BCUT2D eigenvalue weighted by Crippen LogP contribution is 2.27. The van der Waals surface area contributed by atoms with Crippen molar-refractivity contribution in [2.75, 3.05) is 19.0 Å². The molecule has 0 spiro atoms.